The molecule has 4 nitrogen and oxygen atoms in total. The van der Waals surface area contributed by atoms with E-state index in [2.05, 4.69) is 16.3 Å². The molecule has 0 aliphatic carbocycles. The topological polar surface area (TPSA) is 58.8 Å². The largest absolute Gasteiger partial charge is 0.497 e. The van der Waals surface area contributed by atoms with Gasteiger partial charge in [-0.25, -0.2) is 4.39 Å². The van der Waals surface area contributed by atoms with Crippen molar-refractivity contribution in [3.05, 3.63) is 90.4 Å². The van der Waals surface area contributed by atoms with Gasteiger partial charge in [-0.1, -0.05) is 18.2 Å². The summed E-state index contributed by atoms with van der Waals surface area (Å²) in [5.74, 6) is 0.394. The molecule has 4 aromatic rings. The van der Waals surface area contributed by atoms with Crippen LogP contribution in [-0.4, -0.2) is 17.3 Å². The molecular formula is C24H16FN3O. The maximum atomic E-state index is 13.8. The SMILES string of the molecule is COc1ccc(-c2cc(-c3cccc(-c4cc(F)ccc4C#N)c3)cnn2)cc1. The van der Waals surface area contributed by atoms with Crippen LogP contribution in [0.4, 0.5) is 4.39 Å². The van der Waals surface area contributed by atoms with E-state index in [1.54, 1.807) is 13.3 Å². The highest BCUT2D eigenvalue weighted by Gasteiger charge is 2.09. The quantitative estimate of drug-likeness (QED) is 0.468. The first kappa shape index (κ1) is 18.3. The molecule has 0 unspecified atom stereocenters. The lowest BCUT2D eigenvalue weighted by molar-refractivity contribution is 0.415. The summed E-state index contributed by atoms with van der Waals surface area (Å²) in [5.41, 5.74) is 5.19. The van der Waals surface area contributed by atoms with Crippen LogP contribution in [0.1, 0.15) is 5.56 Å². The smallest absolute Gasteiger partial charge is 0.123 e. The van der Waals surface area contributed by atoms with Gasteiger partial charge in [0.05, 0.1) is 30.6 Å². The van der Waals surface area contributed by atoms with Crippen LogP contribution in [0.15, 0.2) is 79.0 Å². The van der Waals surface area contributed by atoms with Gasteiger partial charge in [0.2, 0.25) is 0 Å². The van der Waals surface area contributed by atoms with Gasteiger partial charge in [-0.05, 0) is 65.7 Å². The predicted octanol–water partition coefficient (Wildman–Crippen LogP) is 5.50. The maximum Gasteiger partial charge on any atom is 0.123 e. The average molecular weight is 381 g/mol. The molecule has 0 saturated carbocycles. The molecule has 0 aliphatic rings. The predicted molar refractivity (Wildman–Crippen MR) is 110 cm³/mol. The lowest BCUT2D eigenvalue weighted by Gasteiger charge is -2.09. The lowest BCUT2D eigenvalue weighted by Crippen LogP contribution is -1.91. The molecule has 3 aromatic carbocycles. The Hall–Kier alpha value is -4.04. The van der Waals surface area contributed by atoms with Crippen LogP contribution in [0.3, 0.4) is 0 Å². The first-order valence-electron chi connectivity index (χ1n) is 8.95. The van der Waals surface area contributed by atoms with E-state index >= 15 is 0 Å². The van der Waals surface area contributed by atoms with Crippen molar-refractivity contribution in [1.82, 2.24) is 10.2 Å². The summed E-state index contributed by atoms with van der Waals surface area (Å²) >= 11 is 0. The van der Waals surface area contributed by atoms with Crippen LogP contribution < -0.4 is 4.74 Å². The zero-order chi connectivity index (χ0) is 20.2. The highest BCUT2D eigenvalue weighted by molar-refractivity contribution is 5.77. The van der Waals surface area contributed by atoms with Crippen molar-refractivity contribution >= 4 is 0 Å². The molecule has 0 radical (unpaired) electrons. The normalized spacial score (nSPS) is 10.4. The fraction of sp³-hybridized carbons (Fsp3) is 0.0417. The molecule has 0 amide bonds. The van der Waals surface area contributed by atoms with Crippen LogP contribution in [0.25, 0.3) is 33.5 Å². The molecule has 29 heavy (non-hydrogen) atoms. The number of benzene rings is 3. The van der Waals surface area contributed by atoms with E-state index in [-0.39, 0.29) is 5.82 Å². The van der Waals surface area contributed by atoms with Crippen LogP contribution >= 0.6 is 0 Å². The summed E-state index contributed by atoms with van der Waals surface area (Å²) in [7, 11) is 1.62. The third kappa shape index (κ3) is 3.83. The second-order valence-electron chi connectivity index (χ2n) is 6.44. The van der Waals surface area contributed by atoms with Gasteiger partial charge in [-0.2, -0.15) is 15.5 Å². The molecule has 4 rings (SSSR count). The molecule has 5 heteroatoms. The Morgan fingerprint density at radius 3 is 2.41 bits per heavy atom. The van der Waals surface area contributed by atoms with Gasteiger partial charge in [0.15, 0.2) is 0 Å². The minimum atomic E-state index is -0.378. The Labute approximate surface area is 167 Å². The minimum Gasteiger partial charge on any atom is -0.497 e. The highest BCUT2D eigenvalue weighted by Crippen LogP contribution is 2.30. The number of rotatable bonds is 4. The Bertz CT molecular complexity index is 1210. The van der Waals surface area contributed by atoms with Crippen molar-refractivity contribution in [2.45, 2.75) is 0 Å². The Morgan fingerprint density at radius 1 is 0.862 bits per heavy atom. The minimum absolute atomic E-state index is 0.378. The fourth-order valence-electron chi connectivity index (χ4n) is 3.15. The van der Waals surface area contributed by atoms with E-state index in [0.717, 1.165) is 33.7 Å². The summed E-state index contributed by atoms with van der Waals surface area (Å²) in [6.07, 6.45) is 1.68. The van der Waals surface area contributed by atoms with Crippen LogP contribution in [0.2, 0.25) is 0 Å². The van der Waals surface area contributed by atoms with Gasteiger partial charge in [0.1, 0.15) is 11.6 Å². The third-order valence-electron chi connectivity index (χ3n) is 4.65. The second-order valence-corrected chi connectivity index (χ2v) is 6.44. The molecule has 0 atom stereocenters. The van der Waals surface area contributed by atoms with E-state index in [9.17, 15) is 9.65 Å². The molecule has 0 aliphatic heterocycles. The van der Waals surface area contributed by atoms with Crippen LogP contribution in [-0.2, 0) is 0 Å². The van der Waals surface area contributed by atoms with E-state index < -0.39 is 0 Å². The molecule has 0 fully saturated rings. The molecule has 0 saturated heterocycles. The van der Waals surface area contributed by atoms with E-state index in [1.807, 2.05) is 54.6 Å². The molecule has 140 valence electrons. The summed E-state index contributed by atoms with van der Waals surface area (Å²) in [5, 5.41) is 17.7. The highest BCUT2D eigenvalue weighted by atomic mass is 19.1. The van der Waals surface area contributed by atoms with Crippen LogP contribution in [0.5, 0.6) is 5.75 Å². The Kier molecular flexibility index (Phi) is 5.00. The van der Waals surface area contributed by atoms with Crippen molar-refractivity contribution < 1.29 is 9.13 Å². The number of ether oxygens (including phenoxy) is 1. The van der Waals surface area contributed by atoms with Crippen molar-refractivity contribution in [3.63, 3.8) is 0 Å². The van der Waals surface area contributed by atoms with Gasteiger partial charge in [-0.3, -0.25) is 0 Å². The van der Waals surface area contributed by atoms with Crippen LogP contribution in [0, 0.1) is 17.1 Å². The number of methoxy groups -OCH3 is 1. The summed E-state index contributed by atoms with van der Waals surface area (Å²) in [4.78, 5) is 0. The lowest BCUT2D eigenvalue weighted by atomic mass is 9.96. The van der Waals surface area contributed by atoms with Crippen molar-refractivity contribution in [2.24, 2.45) is 0 Å². The fourth-order valence-corrected chi connectivity index (χ4v) is 3.15. The average Bonchev–Trinajstić information content (AvgIpc) is 2.79. The zero-order valence-electron chi connectivity index (χ0n) is 15.6. The van der Waals surface area contributed by atoms with Crippen molar-refractivity contribution in [1.29, 1.82) is 5.26 Å². The van der Waals surface area contributed by atoms with E-state index in [4.69, 9.17) is 4.74 Å². The molecule has 0 bridgehead atoms. The van der Waals surface area contributed by atoms with Crippen molar-refractivity contribution in [2.75, 3.05) is 7.11 Å². The van der Waals surface area contributed by atoms with Gasteiger partial charge >= 0.3 is 0 Å². The summed E-state index contributed by atoms with van der Waals surface area (Å²) in [6.45, 7) is 0. The van der Waals surface area contributed by atoms with Gasteiger partial charge < -0.3 is 4.74 Å². The number of halogens is 1. The number of nitriles is 1. The molecule has 0 spiro atoms. The number of hydrogen-bond donors (Lipinski definition) is 0. The number of nitrogens with zero attached hydrogens (tertiary/aromatic N) is 3. The molecular weight excluding hydrogens is 365 g/mol. The Morgan fingerprint density at radius 2 is 1.66 bits per heavy atom. The van der Waals surface area contributed by atoms with Gasteiger partial charge in [0, 0.05) is 16.7 Å². The monoisotopic (exact) mass is 381 g/mol. The number of hydrogen-bond acceptors (Lipinski definition) is 4. The summed E-state index contributed by atoms with van der Waals surface area (Å²) in [6, 6.07) is 23.4. The second kappa shape index (κ2) is 7.91. The summed E-state index contributed by atoms with van der Waals surface area (Å²) < 4.78 is 18.9. The Balaban J connectivity index is 1.74. The van der Waals surface area contributed by atoms with Crippen molar-refractivity contribution in [3.8, 4) is 45.3 Å². The number of aromatic nitrogens is 2. The molecule has 1 heterocycles. The maximum absolute atomic E-state index is 13.8. The molecule has 0 N–H and O–H groups in total. The van der Waals surface area contributed by atoms with Gasteiger partial charge in [-0.15, -0.1) is 0 Å². The zero-order valence-corrected chi connectivity index (χ0v) is 15.6. The van der Waals surface area contributed by atoms with E-state index in [0.29, 0.717) is 11.1 Å². The molecule has 1 aromatic heterocycles. The van der Waals surface area contributed by atoms with E-state index in [1.165, 1.54) is 18.2 Å². The van der Waals surface area contributed by atoms with Gasteiger partial charge in [0.25, 0.3) is 0 Å². The standard InChI is InChI=1S/C24H16FN3O/c1-29-22-9-6-16(7-10-22)24-12-20(15-27-28-24)17-3-2-4-18(11-17)23-13-21(25)8-5-19(23)14-26/h2-13,15H,1H3. The first-order chi connectivity index (χ1) is 14.2. The third-order valence-corrected chi connectivity index (χ3v) is 4.65. The first-order valence-corrected chi connectivity index (χ1v) is 8.95.